The fourth-order valence-corrected chi connectivity index (χ4v) is 3.66. The van der Waals surface area contributed by atoms with E-state index < -0.39 is 0 Å². The molecule has 0 amide bonds. The summed E-state index contributed by atoms with van der Waals surface area (Å²) in [7, 11) is 0. The first kappa shape index (κ1) is 13.0. The maximum atomic E-state index is 5.62. The van der Waals surface area contributed by atoms with Crippen LogP contribution in [0, 0.1) is 5.92 Å². The number of ether oxygens (including phenoxy) is 1. The van der Waals surface area contributed by atoms with Gasteiger partial charge in [-0.2, -0.15) is 0 Å². The van der Waals surface area contributed by atoms with Crippen LogP contribution in [0.4, 0.5) is 0 Å². The van der Waals surface area contributed by atoms with Crippen LogP contribution >= 0.6 is 0 Å². The van der Waals surface area contributed by atoms with Crippen LogP contribution in [0.5, 0.6) is 5.75 Å². The van der Waals surface area contributed by atoms with Crippen molar-refractivity contribution in [2.24, 2.45) is 5.92 Å². The fourth-order valence-electron chi connectivity index (χ4n) is 3.66. The highest BCUT2D eigenvalue weighted by Gasteiger charge is 2.27. The molecule has 2 unspecified atom stereocenters. The maximum absolute atomic E-state index is 5.62. The van der Waals surface area contributed by atoms with Gasteiger partial charge >= 0.3 is 0 Å². The monoisotopic (exact) mass is 259 g/mol. The minimum absolute atomic E-state index is 0.749. The maximum Gasteiger partial charge on any atom is 0.122 e. The molecule has 2 heteroatoms. The number of hydrogen-bond acceptors (Lipinski definition) is 2. The number of nitrogens with one attached hydrogen (secondary N) is 1. The largest absolute Gasteiger partial charge is 0.493 e. The molecule has 1 heterocycles. The van der Waals surface area contributed by atoms with Gasteiger partial charge in [-0.15, -0.1) is 0 Å². The lowest BCUT2D eigenvalue weighted by atomic mass is 9.75. The molecule has 0 bridgehead atoms. The number of hydrogen-bond donors (Lipinski definition) is 1. The van der Waals surface area contributed by atoms with Gasteiger partial charge in [-0.05, 0) is 55.0 Å². The summed E-state index contributed by atoms with van der Waals surface area (Å²) in [5.74, 6) is 2.68. The molecular formula is C17H25NO. The van der Waals surface area contributed by atoms with Crippen LogP contribution in [0.2, 0.25) is 0 Å². The highest BCUT2D eigenvalue weighted by Crippen LogP contribution is 2.39. The summed E-state index contributed by atoms with van der Waals surface area (Å²) >= 11 is 0. The lowest BCUT2D eigenvalue weighted by Crippen LogP contribution is -2.29. The van der Waals surface area contributed by atoms with Gasteiger partial charge in [-0.3, -0.25) is 0 Å². The molecule has 1 aromatic carbocycles. The third-order valence-electron chi connectivity index (χ3n) is 4.71. The molecule has 2 atom stereocenters. The fraction of sp³-hybridized carbons (Fsp3) is 0.647. The van der Waals surface area contributed by atoms with E-state index in [1.54, 1.807) is 5.56 Å². The Hall–Kier alpha value is -1.02. The van der Waals surface area contributed by atoms with Gasteiger partial charge in [0.25, 0.3) is 0 Å². The van der Waals surface area contributed by atoms with Crippen molar-refractivity contribution in [2.75, 3.05) is 19.7 Å². The van der Waals surface area contributed by atoms with Crippen LogP contribution in [-0.4, -0.2) is 19.7 Å². The van der Waals surface area contributed by atoms with E-state index in [4.69, 9.17) is 4.74 Å². The van der Waals surface area contributed by atoms with Crippen molar-refractivity contribution in [2.45, 2.75) is 44.9 Å². The molecule has 0 saturated heterocycles. The zero-order chi connectivity index (χ0) is 13.1. The minimum atomic E-state index is 0.749. The molecule has 3 rings (SSSR count). The van der Waals surface area contributed by atoms with Gasteiger partial charge in [0.15, 0.2) is 0 Å². The molecule has 2 aliphatic rings. The van der Waals surface area contributed by atoms with E-state index in [0.717, 1.165) is 37.2 Å². The van der Waals surface area contributed by atoms with E-state index in [2.05, 4.69) is 30.4 Å². The van der Waals surface area contributed by atoms with Crippen molar-refractivity contribution in [3.05, 3.63) is 29.3 Å². The molecule has 0 aromatic heterocycles. The van der Waals surface area contributed by atoms with Gasteiger partial charge in [0.2, 0.25) is 0 Å². The minimum Gasteiger partial charge on any atom is -0.493 e. The predicted octanol–water partition coefficient (Wildman–Crippen LogP) is 3.50. The van der Waals surface area contributed by atoms with E-state index in [1.165, 1.54) is 37.8 Å². The third kappa shape index (κ3) is 2.79. The number of rotatable bonds is 4. The average Bonchev–Trinajstić information content (AvgIpc) is 2.92. The standard InChI is InChI=1S/C17H25NO/c1-2-18-12-15-5-3-4-6-16(15)13-7-8-17-14(11-13)9-10-19-17/h7-8,11,15-16,18H,2-6,9-10,12H2,1H3. The van der Waals surface area contributed by atoms with E-state index in [1.807, 2.05) is 0 Å². The highest BCUT2D eigenvalue weighted by atomic mass is 16.5. The zero-order valence-corrected chi connectivity index (χ0v) is 12.0. The Morgan fingerprint density at radius 2 is 2.16 bits per heavy atom. The smallest absolute Gasteiger partial charge is 0.122 e. The summed E-state index contributed by atoms with van der Waals surface area (Å²) in [5.41, 5.74) is 2.97. The second-order valence-corrected chi connectivity index (χ2v) is 5.92. The first-order valence-corrected chi connectivity index (χ1v) is 7.85. The SMILES string of the molecule is CCNCC1CCCCC1c1ccc2c(c1)CCO2. The lowest BCUT2D eigenvalue weighted by Gasteiger charge is -2.32. The van der Waals surface area contributed by atoms with Crippen molar-refractivity contribution in [1.29, 1.82) is 0 Å². The summed E-state index contributed by atoms with van der Waals surface area (Å²) in [6.07, 6.45) is 6.62. The van der Waals surface area contributed by atoms with Crippen molar-refractivity contribution in [3.63, 3.8) is 0 Å². The lowest BCUT2D eigenvalue weighted by molar-refractivity contribution is 0.297. The second kappa shape index (κ2) is 5.96. The third-order valence-corrected chi connectivity index (χ3v) is 4.71. The quantitative estimate of drug-likeness (QED) is 0.893. The summed E-state index contributed by atoms with van der Waals surface area (Å²) in [5, 5.41) is 3.55. The number of fused-ring (bicyclic) bond motifs is 1. The molecule has 1 aliphatic heterocycles. The first-order chi connectivity index (χ1) is 9.38. The Kier molecular flexibility index (Phi) is 4.07. The van der Waals surface area contributed by atoms with E-state index >= 15 is 0 Å². The highest BCUT2D eigenvalue weighted by molar-refractivity contribution is 5.41. The number of benzene rings is 1. The molecule has 1 saturated carbocycles. The Bertz CT molecular complexity index is 429. The molecule has 1 fully saturated rings. The van der Waals surface area contributed by atoms with Crippen molar-refractivity contribution < 1.29 is 4.74 Å². The molecule has 2 nitrogen and oxygen atoms in total. The van der Waals surface area contributed by atoms with Gasteiger partial charge < -0.3 is 10.1 Å². The van der Waals surface area contributed by atoms with Crippen LogP contribution in [0.1, 0.15) is 49.7 Å². The topological polar surface area (TPSA) is 21.3 Å². The summed E-state index contributed by atoms with van der Waals surface area (Å²) < 4.78 is 5.62. The van der Waals surface area contributed by atoms with Gasteiger partial charge in [-0.1, -0.05) is 31.9 Å². The second-order valence-electron chi connectivity index (χ2n) is 5.92. The molecule has 104 valence electrons. The molecular weight excluding hydrogens is 234 g/mol. The van der Waals surface area contributed by atoms with Crippen molar-refractivity contribution in [1.82, 2.24) is 5.32 Å². The summed E-state index contributed by atoms with van der Waals surface area (Å²) in [4.78, 5) is 0. The summed E-state index contributed by atoms with van der Waals surface area (Å²) in [6, 6.07) is 6.91. The normalized spacial score (nSPS) is 25.9. The van der Waals surface area contributed by atoms with Crippen LogP contribution in [0.3, 0.4) is 0 Å². The Morgan fingerprint density at radius 3 is 3.05 bits per heavy atom. The molecule has 1 N–H and O–H groups in total. The van der Waals surface area contributed by atoms with E-state index in [-0.39, 0.29) is 0 Å². The molecule has 19 heavy (non-hydrogen) atoms. The Labute approximate surface area is 116 Å². The Balaban J connectivity index is 1.78. The molecule has 0 radical (unpaired) electrons. The van der Waals surface area contributed by atoms with Crippen LogP contribution in [-0.2, 0) is 6.42 Å². The van der Waals surface area contributed by atoms with Crippen LogP contribution in [0.15, 0.2) is 18.2 Å². The van der Waals surface area contributed by atoms with E-state index in [9.17, 15) is 0 Å². The van der Waals surface area contributed by atoms with Gasteiger partial charge in [0.1, 0.15) is 5.75 Å². The first-order valence-electron chi connectivity index (χ1n) is 7.85. The molecule has 1 aliphatic carbocycles. The van der Waals surface area contributed by atoms with Gasteiger partial charge in [-0.25, -0.2) is 0 Å². The van der Waals surface area contributed by atoms with Crippen LogP contribution in [0.25, 0.3) is 0 Å². The molecule has 0 spiro atoms. The Morgan fingerprint density at radius 1 is 1.26 bits per heavy atom. The predicted molar refractivity (Wildman–Crippen MR) is 78.9 cm³/mol. The average molecular weight is 259 g/mol. The molecule has 1 aromatic rings. The van der Waals surface area contributed by atoms with Crippen molar-refractivity contribution in [3.8, 4) is 5.75 Å². The zero-order valence-electron chi connectivity index (χ0n) is 12.0. The summed E-state index contributed by atoms with van der Waals surface area (Å²) in [6.45, 7) is 5.32. The van der Waals surface area contributed by atoms with Gasteiger partial charge in [0, 0.05) is 6.42 Å². The van der Waals surface area contributed by atoms with Crippen LogP contribution < -0.4 is 10.1 Å². The van der Waals surface area contributed by atoms with Crippen molar-refractivity contribution >= 4 is 0 Å². The van der Waals surface area contributed by atoms with E-state index in [0.29, 0.717) is 0 Å². The van der Waals surface area contributed by atoms with Gasteiger partial charge in [0.05, 0.1) is 6.61 Å².